The Morgan fingerprint density at radius 3 is 2.47 bits per heavy atom. The van der Waals surface area contributed by atoms with E-state index in [1.54, 1.807) is 0 Å². The average molecular weight is 263 g/mol. The van der Waals surface area contributed by atoms with Gasteiger partial charge in [0.1, 0.15) is 0 Å². The summed E-state index contributed by atoms with van der Waals surface area (Å²) in [7, 11) is -1.89. The van der Waals surface area contributed by atoms with E-state index in [9.17, 15) is 13.2 Å². The zero-order valence-electron chi connectivity index (χ0n) is 10.2. The largest absolute Gasteiger partial charge is 0.355 e. The van der Waals surface area contributed by atoms with Crippen molar-refractivity contribution in [3.8, 4) is 0 Å². The van der Waals surface area contributed by atoms with Crippen LogP contribution in [-0.2, 0) is 14.8 Å². The van der Waals surface area contributed by atoms with Crippen molar-refractivity contribution in [2.75, 3.05) is 25.9 Å². The number of nitrogens with two attached hydrogens (primary N) is 1. The minimum Gasteiger partial charge on any atom is -0.355 e. The molecule has 4 N–H and O–H groups in total. The average Bonchev–Trinajstić information content (AvgIpc) is 2.23. The summed E-state index contributed by atoms with van der Waals surface area (Å²) in [5.74, 6) is -0.202. The van der Waals surface area contributed by atoms with E-state index in [0.717, 1.165) is 19.3 Å². The summed E-state index contributed by atoms with van der Waals surface area (Å²) in [5.41, 5.74) is 5.61. The van der Waals surface area contributed by atoms with Crippen LogP contribution < -0.4 is 15.8 Å². The molecule has 7 heteroatoms. The van der Waals surface area contributed by atoms with E-state index in [0.29, 0.717) is 13.0 Å². The second kappa shape index (κ2) is 5.79. The first-order chi connectivity index (χ1) is 7.93. The van der Waals surface area contributed by atoms with Crippen molar-refractivity contribution in [3.05, 3.63) is 0 Å². The summed E-state index contributed by atoms with van der Waals surface area (Å²) < 4.78 is 24.4. The first-order valence-electron chi connectivity index (χ1n) is 5.81. The van der Waals surface area contributed by atoms with E-state index in [1.807, 2.05) is 0 Å². The number of sulfonamides is 1. The number of hydrogen-bond donors (Lipinski definition) is 3. The smallest absolute Gasteiger partial charge is 0.220 e. The van der Waals surface area contributed by atoms with Crippen LogP contribution in [0, 0.1) is 5.41 Å². The monoisotopic (exact) mass is 263 g/mol. The lowest BCUT2D eigenvalue weighted by Crippen LogP contribution is -2.42. The molecule has 0 unspecified atom stereocenters. The lowest BCUT2D eigenvalue weighted by molar-refractivity contribution is -0.124. The summed E-state index contributed by atoms with van der Waals surface area (Å²) in [6, 6.07) is 0. The zero-order chi connectivity index (χ0) is 12.9. The Labute approximate surface area is 102 Å². The van der Waals surface area contributed by atoms with Crippen LogP contribution in [0.3, 0.4) is 0 Å². The summed E-state index contributed by atoms with van der Waals surface area (Å²) in [6.45, 7) is 0.665. The van der Waals surface area contributed by atoms with Gasteiger partial charge in [-0.3, -0.25) is 4.79 Å². The van der Waals surface area contributed by atoms with Crippen LogP contribution >= 0.6 is 0 Å². The molecule has 1 aliphatic rings. The highest BCUT2D eigenvalue weighted by Gasteiger charge is 2.37. The third kappa shape index (κ3) is 4.25. The minimum atomic E-state index is -3.25. The van der Waals surface area contributed by atoms with Gasteiger partial charge in [0, 0.05) is 13.0 Å². The van der Waals surface area contributed by atoms with E-state index < -0.39 is 10.0 Å². The standard InChI is InChI=1S/C10H21N3O3S/c1-12-17(15,16)6-5-13-9(14)7-10(8-11)3-2-4-10/h12H,2-8,11H2,1H3,(H,13,14). The molecule has 0 atom stereocenters. The highest BCUT2D eigenvalue weighted by molar-refractivity contribution is 7.89. The van der Waals surface area contributed by atoms with E-state index in [4.69, 9.17) is 5.73 Å². The highest BCUT2D eigenvalue weighted by atomic mass is 32.2. The fourth-order valence-corrected chi connectivity index (χ4v) is 2.53. The quantitative estimate of drug-likeness (QED) is 0.558. The molecule has 17 heavy (non-hydrogen) atoms. The molecule has 1 saturated carbocycles. The van der Waals surface area contributed by atoms with Gasteiger partial charge in [-0.2, -0.15) is 0 Å². The third-order valence-corrected chi connectivity index (χ3v) is 4.75. The van der Waals surface area contributed by atoms with E-state index in [1.165, 1.54) is 7.05 Å². The Morgan fingerprint density at radius 2 is 2.06 bits per heavy atom. The lowest BCUT2D eigenvalue weighted by Gasteiger charge is -2.40. The first-order valence-corrected chi connectivity index (χ1v) is 7.46. The number of carbonyl (C=O) groups excluding carboxylic acids is 1. The minimum absolute atomic E-state index is 0.0357. The van der Waals surface area contributed by atoms with Crippen molar-refractivity contribution >= 4 is 15.9 Å². The zero-order valence-corrected chi connectivity index (χ0v) is 11.0. The van der Waals surface area contributed by atoms with Gasteiger partial charge in [0.2, 0.25) is 15.9 Å². The molecule has 0 spiro atoms. The van der Waals surface area contributed by atoms with Crippen LogP contribution in [0.25, 0.3) is 0 Å². The van der Waals surface area contributed by atoms with Crippen molar-refractivity contribution in [1.29, 1.82) is 0 Å². The summed E-state index contributed by atoms with van der Waals surface area (Å²) >= 11 is 0. The number of carbonyl (C=O) groups is 1. The van der Waals surface area contributed by atoms with Crippen LogP contribution in [0.15, 0.2) is 0 Å². The molecular formula is C10H21N3O3S. The van der Waals surface area contributed by atoms with Crippen LogP contribution in [-0.4, -0.2) is 40.2 Å². The molecule has 0 radical (unpaired) electrons. The second-order valence-electron chi connectivity index (χ2n) is 4.61. The van der Waals surface area contributed by atoms with Gasteiger partial charge in [-0.15, -0.1) is 0 Å². The molecule has 0 bridgehead atoms. The molecule has 1 rings (SSSR count). The predicted molar refractivity (Wildman–Crippen MR) is 65.8 cm³/mol. The van der Waals surface area contributed by atoms with Crippen LogP contribution in [0.4, 0.5) is 0 Å². The molecule has 1 aliphatic carbocycles. The fraction of sp³-hybridized carbons (Fsp3) is 0.900. The molecule has 0 aliphatic heterocycles. The van der Waals surface area contributed by atoms with Gasteiger partial charge in [-0.05, 0) is 31.8 Å². The number of amides is 1. The van der Waals surface area contributed by atoms with E-state index >= 15 is 0 Å². The van der Waals surface area contributed by atoms with Gasteiger partial charge < -0.3 is 11.1 Å². The molecule has 0 heterocycles. The maximum atomic E-state index is 11.6. The third-order valence-electron chi connectivity index (χ3n) is 3.39. The highest BCUT2D eigenvalue weighted by Crippen LogP contribution is 2.42. The van der Waals surface area contributed by atoms with Crippen LogP contribution in [0.1, 0.15) is 25.7 Å². The Balaban J connectivity index is 2.26. The second-order valence-corrected chi connectivity index (χ2v) is 6.65. The normalized spacial score (nSPS) is 18.5. The maximum absolute atomic E-state index is 11.6. The van der Waals surface area contributed by atoms with Gasteiger partial charge in [0.15, 0.2) is 0 Å². The molecule has 100 valence electrons. The molecule has 0 saturated heterocycles. The van der Waals surface area contributed by atoms with Gasteiger partial charge in [0.05, 0.1) is 5.75 Å². The van der Waals surface area contributed by atoms with Crippen molar-refractivity contribution in [1.82, 2.24) is 10.0 Å². The molecule has 0 aromatic rings. The molecule has 6 nitrogen and oxygen atoms in total. The predicted octanol–water partition coefficient (Wildman–Crippen LogP) is -0.829. The number of nitrogens with one attached hydrogen (secondary N) is 2. The molecule has 1 amide bonds. The van der Waals surface area contributed by atoms with Gasteiger partial charge in [-0.1, -0.05) is 6.42 Å². The van der Waals surface area contributed by atoms with Crippen molar-refractivity contribution in [3.63, 3.8) is 0 Å². The van der Waals surface area contributed by atoms with Crippen molar-refractivity contribution < 1.29 is 13.2 Å². The fourth-order valence-electron chi connectivity index (χ4n) is 1.96. The summed E-state index contributed by atoms with van der Waals surface area (Å²) in [5, 5.41) is 2.62. The molecule has 1 fully saturated rings. The van der Waals surface area contributed by atoms with Crippen LogP contribution in [0.2, 0.25) is 0 Å². The van der Waals surface area contributed by atoms with E-state index in [2.05, 4.69) is 10.0 Å². The summed E-state index contributed by atoms with van der Waals surface area (Å²) in [4.78, 5) is 11.6. The van der Waals surface area contributed by atoms with Crippen molar-refractivity contribution in [2.24, 2.45) is 11.1 Å². The Bertz CT molecular complexity index is 357. The van der Waals surface area contributed by atoms with Gasteiger partial charge in [-0.25, -0.2) is 13.1 Å². The van der Waals surface area contributed by atoms with Gasteiger partial charge in [0.25, 0.3) is 0 Å². The lowest BCUT2D eigenvalue weighted by atomic mass is 9.66. The maximum Gasteiger partial charge on any atom is 0.220 e. The van der Waals surface area contributed by atoms with Crippen LogP contribution in [0.5, 0.6) is 0 Å². The molecule has 0 aromatic carbocycles. The van der Waals surface area contributed by atoms with Gasteiger partial charge >= 0.3 is 0 Å². The van der Waals surface area contributed by atoms with Crippen molar-refractivity contribution in [2.45, 2.75) is 25.7 Å². The Morgan fingerprint density at radius 1 is 1.41 bits per heavy atom. The SMILES string of the molecule is CNS(=O)(=O)CCNC(=O)CC1(CN)CCC1. The first kappa shape index (κ1) is 14.4. The molecule has 0 aromatic heterocycles. The molecular weight excluding hydrogens is 242 g/mol. The number of hydrogen-bond acceptors (Lipinski definition) is 4. The summed E-state index contributed by atoms with van der Waals surface area (Å²) in [6.07, 6.45) is 3.51. The Kier molecular flexibility index (Phi) is 4.91. The van der Waals surface area contributed by atoms with E-state index in [-0.39, 0.29) is 23.6 Å². The Hall–Kier alpha value is -0.660. The number of rotatable bonds is 7. The topological polar surface area (TPSA) is 101 Å².